The minimum Gasteiger partial charge on any atom is -0.432 e. The number of furan rings is 1. The zero-order chi connectivity index (χ0) is 25.0. The van der Waals surface area contributed by atoms with Gasteiger partial charge in [-0.2, -0.15) is 0 Å². The van der Waals surface area contributed by atoms with Crippen molar-refractivity contribution in [2.24, 2.45) is 0 Å². The predicted molar refractivity (Wildman–Crippen MR) is 144 cm³/mol. The summed E-state index contributed by atoms with van der Waals surface area (Å²) in [6.07, 6.45) is 7.11. The van der Waals surface area contributed by atoms with Gasteiger partial charge in [-0.25, -0.2) is 19.2 Å². The Morgan fingerprint density at radius 3 is 2.76 bits per heavy atom. The molecule has 0 radical (unpaired) electrons. The quantitative estimate of drug-likeness (QED) is 0.437. The van der Waals surface area contributed by atoms with Crippen LogP contribution in [0.5, 0.6) is 0 Å². The van der Waals surface area contributed by atoms with Crippen molar-refractivity contribution in [3.05, 3.63) is 53.2 Å². The maximum Gasteiger partial charge on any atom is 0.229 e. The SMILES string of the molecule is N=S1(=O)CCN(Cc2cnc3oc4c(N5CCOCC5)nc(-c5cccc6c5C=CC6)nc4c3c2)CC1. The predicted octanol–water partition coefficient (Wildman–Crippen LogP) is 3.71. The Morgan fingerprint density at radius 2 is 1.92 bits per heavy atom. The summed E-state index contributed by atoms with van der Waals surface area (Å²) >= 11 is 0. The van der Waals surface area contributed by atoms with Crippen molar-refractivity contribution in [2.75, 3.05) is 55.8 Å². The second-order valence-electron chi connectivity index (χ2n) is 9.93. The van der Waals surface area contributed by atoms with E-state index in [-0.39, 0.29) is 0 Å². The average molecular weight is 517 g/mol. The second-order valence-corrected chi connectivity index (χ2v) is 12.4. The summed E-state index contributed by atoms with van der Waals surface area (Å²) in [7, 11) is -2.42. The second kappa shape index (κ2) is 8.90. The van der Waals surface area contributed by atoms with Gasteiger partial charge < -0.3 is 14.1 Å². The van der Waals surface area contributed by atoms with Crippen LogP contribution in [0, 0.1) is 4.78 Å². The number of benzene rings is 1. The molecule has 0 spiro atoms. The number of pyridine rings is 1. The highest BCUT2D eigenvalue weighted by Gasteiger charge is 2.25. The van der Waals surface area contributed by atoms with Gasteiger partial charge in [0.25, 0.3) is 0 Å². The van der Waals surface area contributed by atoms with Crippen molar-refractivity contribution in [3.63, 3.8) is 0 Å². The van der Waals surface area contributed by atoms with Crippen LogP contribution in [0.3, 0.4) is 0 Å². The number of allylic oxidation sites excluding steroid dienone is 1. The van der Waals surface area contributed by atoms with Gasteiger partial charge >= 0.3 is 0 Å². The van der Waals surface area contributed by atoms with Gasteiger partial charge in [-0.1, -0.05) is 30.4 Å². The van der Waals surface area contributed by atoms with Crippen molar-refractivity contribution in [2.45, 2.75) is 13.0 Å². The molecule has 4 aromatic rings. The molecule has 7 rings (SSSR count). The number of nitrogens with one attached hydrogen (secondary N) is 1. The van der Waals surface area contributed by atoms with E-state index < -0.39 is 9.73 Å². The maximum atomic E-state index is 12.1. The lowest BCUT2D eigenvalue weighted by Gasteiger charge is -2.28. The number of hydrogen-bond acceptors (Lipinski definition) is 9. The summed E-state index contributed by atoms with van der Waals surface area (Å²) in [5.41, 5.74) is 6.50. The van der Waals surface area contributed by atoms with Crippen LogP contribution in [-0.2, 0) is 27.4 Å². The zero-order valence-electron chi connectivity index (χ0n) is 20.5. The van der Waals surface area contributed by atoms with Crippen LogP contribution < -0.4 is 4.90 Å². The number of morpholine rings is 1. The summed E-state index contributed by atoms with van der Waals surface area (Å²) in [4.78, 5) is 19.2. The van der Waals surface area contributed by atoms with Crippen LogP contribution in [-0.4, -0.2) is 75.0 Å². The van der Waals surface area contributed by atoms with Crippen molar-refractivity contribution >= 4 is 43.8 Å². The molecule has 2 fully saturated rings. The fourth-order valence-electron chi connectivity index (χ4n) is 5.42. The third-order valence-corrected chi connectivity index (χ3v) is 9.14. The highest BCUT2D eigenvalue weighted by molar-refractivity contribution is 7.92. The zero-order valence-corrected chi connectivity index (χ0v) is 21.3. The summed E-state index contributed by atoms with van der Waals surface area (Å²) in [5.74, 6) is 2.31. The molecule has 190 valence electrons. The van der Waals surface area contributed by atoms with Crippen molar-refractivity contribution in [1.82, 2.24) is 19.9 Å². The van der Waals surface area contributed by atoms with Crippen LogP contribution >= 0.6 is 0 Å². The Balaban J connectivity index is 1.35. The third kappa shape index (κ3) is 4.18. The van der Waals surface area contributed by atoms with E-state index in [4.69, 9.17) is 23.9 Å². The van der Waals surface area contributed by atoms with E-state index in [0.717, 1.165) is 47.4 Å². The molecule has 1 aromatic carbocycles. The van der Waals surface area contributed by atoms with Crippen molar-refractivity contribution in [1.29, 1.82) is 4.78 Å². The summed E-state index contributed by atoms with van der Waals surface area (Å²) in [6.45, 7) is 4.78. The van der Waals surface area contributed by atoms with Gasteiger partial charge in [0, 0.05) is 65.7 Å². The number of aromatic nitrogens is 3. The van der Waals surface area contributed by atoms with Crippen LogP contribution in [0.1, 0.15) is 16.7 Å². The van der Waals surface area contributed by atoms with Gasteiger partial charge in [0.1, 0.15) is 5.52 Å². The Bertz CT molecular complexity index is 1640. The lowest BCUT2D eigenvalue weighted by Crippen LogP contribution is -2.39. The summed E-state index contributed by atoms with van der Waals surface area (Å²) < 4.78 is 31.8. The van der Waals surface area contributed by atoms with E-state index in [1.165, 1.54) is 11.1 Å². The molecule has 9 nitrogen and oxygen atoms in total. The lowest BCUT2D eigenvalue weighted by atomic mass is 10.0. The Labute approximate surface area is 215 Å². The first-order chi connectivity index (χ1) is 18.0. The number of ether oxygens (including phenoxy) is 1. The molecular weight excluding hydrogens is 488 g/mol. The molecule has 3 aromatic heterocycles. The fourth-order valence-corrected chi connectivity index (χ4v) is 6.73. The standard InChI is InChI=1S/C27H28N6O3S/c28-37(34)13-9-32(10-14-37)17-18-15-22-23-24(36-27(22)29-16-18)26(33-7-11-35-12-8-33)31-25(30-23)21-6-2-4-19-3-1-5-20(19)21/h1-2,4-6,15-16,28H,3,7-14,17H2. The van der Waals surface area contributed by atoms with Crippen molar-refractivity contribution in [3.8, 4) is 11.4 Å². The number of anilines is 1. The first kappa shape index (κ1) is 22.8. The lowest BCUT2D eigenvalue weighted by molar-refractivity contribution is 0.122. The molecule has 37 heavy (non-hydrogen) atoms. The molecule has 0 saturated carbocycles. The first-order valence-corrected chi connectivity index (χ1v) is 14.6. The topological polar surface area (TPSA) is 108 Å². The molecule has 2 saturated heterocycles. The highest BCUT2D eigenvalue weighted by Crippen LogP contribution is 2.37. The summed E-state index contributed by atoms with van der Waals surface area (Å²) in [5, 5.41) is 0.870. The smallest absolute Gasteiger partial charge is 0.229 e. The molecule has 0 unspecified atom stereocenters. The number of fused-ring (bicyclic) bond motifs is 4. The molecule has 3 aliphatic rings. The molecule has 1 N–H and O–H groups in total. The van der Waals surface area contributed by atoms with Gasteiger partial charge in [0.15, 0.2) is 17.2 Å². The molecule has 0 amide bonds. The van der Waals surface area contributed by atoms with E-state index in [1.807, 2.05) is 6.20 Å². The third-order valence-electron chi connectivity index (χ3n) is 7.46. The number of rotatable bonds is 4. The van der Waals surface area contributed by atoms with E-state index in [9.17, 15) is 4.21 Å². The van der Waals surface area contributed by atoms with E-state index in [0.29, 0.717) is 61.5 Å². The van der Waals surface area contributed by atoms with E-state index in [2.05, 4.69) is 51.2 Å². The summed E-state index contributed by atoms with van der Waals surface area (Å²) in [6, 6.07) is 8.43. The Hall–Kier alpha value is -3.34. The Morgan fingerprint density at radius 1 is 1.08 bits per heavy atom. The molecule has 1 aliphatic carbocycles. The number of hydrogen-bond donors (Lipinski definition) is 1. The molecule has 5 heterocycles. The van der Waals surface area contributed by atoms with E-state index in [1.54, 1.807) is 0 Å². The van der Waals surface area contributed by atoms with Crippen LogP contribution in [0.4, 0.5) is 5.82 Å². The largest absolute Gasteiger partial charge is 0.432 e. The van der Waals surface area contributed by atoms with Gasteiger partial charge in [0.05, 0.1) is 18.6 Å². The van der Waals surface area contributed by atoms with Gasteiger partial charge in [-0.15, -0.1) is 0 Å². The highest BCUT2D eigenvalue weighted by atomic mass is 32.2. The fraction of sp³-hybridized carbons (Fsp3) is 0.370. The minimum atomic E-state index is -2.42. The van der Waals surface area contributed by atoms with Crippen molar-refractivity contribution < 1.29 is 13.4 Å². The molecule has 10 heteroatoms. The van der Waals surface area contributed by atoms with Crippen LogP contribution in [0.2, 0.25) is 0 Å². The molecular formula is C27H28N6O3S. The first-order valence-electron chi connectivity index (χ1n) is 12.7. The van der Waals surface area contributed by atoms with Gasteiger partial charge in [0.2, 0.25) is 5.71 Å². The van der Waals surface area contributed by atoms with Gasteiger partial charge in [-0.05, 0) is 29.2 Å². The maximum absolute atomic E-state index is 12.1. The van der Waals surface area contributed by atoms with Crippen LogP contribution in [0.15, 0.2) is 41.0 Å². The molecule has 0 bridgehead atoms. The average Bonchev–Trinajstić information content (AvgIpc) is 3.54. The number of nitrogens with zero attached hydrogens (tertiary/aromatic N) is 5. The van der Waals surface area contributed by atoms with Crippen LogP contribution in [0.25, 0.3) is 39.7 Å². The molecule has 2 aliphatic heterocycles. The normalized spacial score (nSPS) is 19.6. The monoisotopic (exact) mass is 516 g/mol. The van der Waals surface area contributed by atoms with Gasteiger partial charge in [-0.3, -0.25) is 9.68 Å². The van der Waals surface area contributed by atoms with E-state index >= 15 is 0 Å². The Kier molecular flexibility index (Phi) is 5.49. The minimum absolute atomic E-state index is 0.423. The molecule has 0 atom stereocenters.